The maximum Gasteiger partial charge on any atom is 0.407 e. The number of methoxy groups -OCH3 is 2. The molecular weight excluding hydrogens is 462 g/mol. The second-order valence-electron chi connectivity index (χ2n) is 8.95. The standard InChI is InChI=1S/C27H35N3O6/c1-4-5-6-14-35-24-16-21(10-11-22(24)33-2)30-13-7-12-29(27(30)32)18-20-9-8-19(15-23(20)34-3)25-17-28-26(31)36-25/h8-11,15-16,25H,4-7,12-14,17-18H2,1-3H3,(H,28,31). The van der Waals surface area contributed by atoms with Gasteiger partial charge >= 0.3 is 12.1 Å². The van der Waals surface area contributed by atoms with Crippen molar-refractivity contribution in [1.29, 1.82) is 0 Å². The molecule has 0 saturated carbocycles. The Morgan fingerprint density at radius 2 is 1.83 bits per heavy atom. The fourth-order valence-electron chi connectivity index (χ4n) is 4.52. The van der Waals surface area contributed by atoms with Crippen LogP contribution < -0.4 is 24.4 Å². The number of nitrogens with zero attached hydrogens (tertiary/aromatic N) is 2. The molecule has 2 aromatic rings. The Labute approximate surface area is 212 Å². The Kier molecular flexibility index (Phi) is 8.40. The van der Waals surface area contributed by atoms with Crippen LogP contribution in [0.1, 0.15) is 49.8 Å². The molecule has 2 fully saturated rings. The number of nitrogens with one attached hydrogen (secondary N) is 1. The molecule has 2 aliphatic rings. The fourth-order valence-corrected chi connectivity index (χ4v) is 4.52. The van der Waals surface area contributed by atoms with Crippen molar-refractivity contribution < 1.29 is 28.5 Å². The van der Waals surface area contributed by atoms with E-state index in [-0.39, 0.29) is 12.1 Å². The van der Waals surface area contributed by atoms with Crippen LogP contribution in [0, 0.1) is 0 Å². The number of urea groups is 1. The quantitative estimate of drug-likeness (QED) is 0.445. The van der Waals surface area contributed by atoms with Crippen molar-refractivity contribution in [3.05, 3.63) is 47.5 Å². The summed E-state index contributed by atoms with van der Waals surface area (Å²) in [6, 6.07) is 11.3. The number of benzene rings is 2. The minimum atomic E-state index is -0.421. The third kappa shape index (κ3) is 5.78. The van der Waals surface area contributed by atoms with Crippen molar-refractivity contribution in [2.75, 3.05) is 45.4 Å². The van der Waals surface area contributed by atoms with Gasteiger partial charge in [-0.1, -0.05) is 31.9 Å². The molecule has 0 aromatic heterocycles. The van der Waals surface area contributed by atoms with Gasteiger partial charge in [-0.05, 0) is 36.6 Å². The third-order valence-electron chi connectivity index (χ3n) is 6.50. The number of cyclic esters (lactones) is 1. The zero-order valence-electron chi connectivity index (χ0n) is 21.2. The first kappa shape index (κ1) is 25.5. The van der Waals surface area contributed by atoms with E-state index in [0.29, 0.717) is 50.0 Å². The Balaban J connectivity index is 1.48. The molecular formula is C27H35N3O6. The molecule has 2 aliphatic heterocycles. The Morgan fingerprint density at radius 1 is 1.00 bits per heavy atom. The summed E-state index contributed by atoms with van der Waals surface area (Å²) < 4.78 is 22.3. The molecule has 36 heavy (non-hydrogen) atoms. The van der Waals surface area contributed by atoms with Gasteiger partial charge in [0.1, 0.15) is 11.9 Å². The van der Waals surface area contributed by atoms with Crippen LogP contribution >= 0.6 is 0 Å². The Morgan fingerprint density at radius 3 is 2.56 bits per heavy atom. The summed E-state index contributed by atoms with van der Waals surface area (Å²) in [4.78, 5) is 28.5. The van der Waals surface area contributed by atoms with E-state index in [9.17, 15) is 9.59 Å². The summed E-state index contributed by atoms with van der Waals surface area (Å²) in [7, 11) is 3.22. The molecule has 0 bridgehead atoms. The van der Waals surface area contributed by atoms with Crippen molar-refractivity contribution >= 4 is 17.8 Å². The number of amides is 3. The van der Waals surface area contributed by atoms with Gasteiger partial charge in [0.15, 0.2) is 11.5 Å². The fraction of sp³-hybridized carbons (Fsp3) is 0.481. The van der Waals surface area contributed by atoms with E-state index < -0.39 is 6.09 Å². The molecule has 0 spiro atoms. The number of hydrogen-bond acceptors (Lipinski definition) is 6. The molecule has 1 N–H and O–H groups in total. The van der Waals surface area contributed by atoms with E-state index in [1.165, 1.54) is 0 Å². The van der Waals surface area contributed by atoms with Gasteiger partial charge in [-0.2, -0.15) is 0 Å². The predicted molar refractivity (Wildman–Crippen MR) is 136 cm³/mol. The van der Waals surface area contributed by atoms with E-state index >= 15 is 0 Å². The van der Waals surface area contributed by atoms with Crippen LogP contribution in [0.3, 0.4) is 0 Å². The van der Waals surface area contributed by atoms with Gasteiger partial charge in [-0.15, -0.1) is 0 Å². The lowest BCUT2D eigenvalue weighted by molar-refractivity contribution is 0.141. The van der Waals surface area contributed by atoms with Gasteiger partial charge in [0.2, 0.25) is 0 Å². The molecule has 9 heteroatoms. The molecule has 2 aromatic carbocycles. The highest BCUT2D eigenvalue weighted by Crippen LogP contribution is 2.34. The van der Waals surface area contributed by atoms with E-state index in [4.69, 9.17) is 18.9 Å². The zero-order chi connectivity index (χ0) is 25.5. The molecule has 1 unspecified atom stereocenters. The van der Waals surface area contributed by atoms with Gasteiger partial charge in [0, 0.05) is 30.4 Å². The highest BCUT2D eigenvalue weighted by molar-refractivity contribution is 5.93. The molecule has 3 amide bonds. The molecule has 0 radical (unpaired) electrons. The van der Waals surface area contributed by atoms with Crippen LogP contribution in [-0.4, -0.2) is 57.5 Å². The Hall–Kier alpha value is -3.62. The van der Waals surface area contributed by atoms with E-state index in [1.54, 1.807) is 19.1 Å². The SMILES string of the molecule is CCCCCOc1cc(N2CCCN(Cc3ccc(C4CNC(=O)O4)cc3OC)C2=O)ccc1OC. The number of rotatable bonds is 11. The van der Waals surface area contributed by atoms with Gasteiger partial charge in [-0.25, -0.2) is 9.59 Å². The number of ether oxygens (including phenoxy) is 4. The smallest absolute Gasteiger partial charge is 0.407 e. The first-order valence-corrected chi connectivity index (χ1v) is 12.5. The number of unbranched alkanes of at least 4 members (excludes halogenated alkanes) is 2. The first-order chi connectivity index (χ1) is 17.5. The van der Waals surface area contributed by atoms with Crippen molar-refractivity contribution in [2.45, 2.75) is 45.3 Å². The summed E-state index contributed by atoms with van der Waals surface area (Å²) in [6.07, 6.45) is 3.28. The normalized spacial score (nSPS) is 17.6. The van der Waals surface area contributed by atoms with Gasteiger partial charge < -0.3 is 29.2 Å². The number of alkyl carbamates (subject to hydrolysis) is 1. The van der Waals surface area contributed by atoms with Crippen LogP contribution in [0.5, 0.6) is 17.2 Å². The molecule has 2 saturated heterocycles. The first-order valence-electron chi connectivity index (χ1n) is 12.5. The number of anilines is 1. The lowest BCUT2D eigenvalue weighted by Gasteiger charge is -2.36. The highest BCUT2D eigenvalue weighted by Gasteiger charge is 2.29. The van der Waals surface area contributed by atoms with E-state index in [0.717, 1.165) is 42.5 Å². The van der Waals surface area contributed by atoms with Crippen molar-refractivity contribution in [1.82, 2.24) is 10.2 Å². The van der Waals surface area contributed by atoms with Crippen LogP contribution in [0.15, 0.2) is 36.4 Å². The van der Waals surface area contributed by atoms with E-state index in [2.05, 4.69) is 12.2 Å². The average Bonchev–Trinajstić information content (AvgIpc) is 3.34. The average molecular weight is 498 g/mol. The maximum atomic E-state index is 13.5. The minimum absolute atomic E-state index is 0.0663. The molecule has 4 rings (SSSR count). The van der Waals surface area contributed by atoms with Crippen molar-refractivity contribution in [2.24, 2.45) is 0 Å². The second kappa shape index (κ2) is 11.9. The van der Waals surface area contributed by atoms with Crippen LogP contribution in [0.4, 0.5) is 15.3 Å². The monoisotopic (exact) mass is 497 g/mol. The molecule has 0 aliphatic carbocycles. The molecule has 1 atom stereocenters. The second-order valence-corrected chi connectivity index (χ2v) is 8.95. The topological polar surface area (TPSA) is 89.6 Å². The predicted octanol–water partition coefficient (Wildman–Crippen LogP) is 4.89. The van der Waals surface area contributed by atoms with Gasteiger partial charge in [-0.3, -0.25) is 4.90 Å². The highest BCUT2D eigenvalue weighted by atomic mass is 16.6. The summed E-state index contributed by atoms with van der Waals surface area (Å²) >= 11 is 0. The maximum absolute atomic E-state index is 13.5. The molecule has 194 valence electrons. The lowest BCUT2D eigenvalue weighted by atomic mass is 10.0. The number of carbonyl (C=O) groups excluding carboxylic acids is 2. The lowest BCUT2D eigenvalue weighted by Crippen LogP contribution is -2.49. The van der Waals surface area contributed by atoms with Crippen LogP contribution in [-0.2, 0) is 11.3 Å². The van der Waals surface area contributed by atoms with Crippen molar-refractivity contribution in [3.8, 4) is 17.2 Å². The number of hydrogen-bond donors (Lipinski definition) is 1. The van der Waals surface area contributed by atoms with Crippen LogP contribution in [0.25, 0.3) is 0 Å². The largest absolute Gasteiger partial charge is 0.496 e. The number of carbonyl (C=O) groups is 2. The molecule has 2 heterocycles. The Bertz CT molecular complexity index is 1080. The summed E-state index contributed by atoms with van der Waals surface area (Å²) in [5.74, 6) is 1.97. The van der Waals surface area contributed by atoms with Crippen LogP contribution in [0.2, 0.25) is 0 Å². The summed E-state index contributed by atoms with van der Waals surface area (Å²) in [6.45, 7) is 4.89. The summed E-state index contributed by atoms with van der Waals surface area (Å²) in [5.41, 5.74) is 2.53. The van der Waals surface area contributed by atoms with Gasteiger partial charge in [0.25, 0.3) is 0 Å². The summed E-state index contributed by atoms with van der Waals surface area (Å²) in [5, 5.41) is 2.66. The zero-order valence-corrected chi connectivity index (χ0v) is 21.2. The molecule has 9 nitrogen and oxygen atoms in total. The van der Waals surface area contributed by atoms with Gasteiger partial charge in [0.05, 0.1) is 33.9 Å². The van der Waals surface area contributed by atoms with E-state index in [1.807, 2.05) is 41.3 Å². The van der Waals surface area contributed by atoms with Crippen molar-refractivity contribution in [3.63, 3.8) is 0 Å². The third-order valence-corrected chi connectivity index (χ3v) is 6.50. The minimum Gasteiger partial charge on any atom is -0.496 e.